The topological polar surface area (TPSA) is 180 Å². The number of ether oxygens (including phenoxy) is 1. The zero-order valence-corrected chi connectivity index (χ0v) is 40.3. The van der Waals surface area contributed by atoms with Crippen LogP contribution in [0.2, 0.25) is 0 Å². The number of aryl methyl sites for hydroxylation is 1. The lowest BCUT2D eigenvalue weighted by atomic mass is 9.99. The fourth-order valence-electron chi connectivity index (χ4n) is 9.70. The number of anilines is 5. The van der Waals surface area contributed by atoms with Gasteiger partial charge in [0, 0.05) is 86.9 Å². The number of carbonyl (C=O) groups is 2. The van der Waals surface area contributed by atoms with E-state index in [-0.39, 0.29) is 18.7 Å². The van der Waals surface area contributed by atoms with E-state index in [2.05, 4.69) is 75.6 Å². The van der Waals surface area contributed by atoms with Gasteiger partial charge in [0.2, 0.25) is 17.8 Å². The van der Waals surface area contributed by atoms with Crippen molar-refractivity contribution in [3.8, 4) is 5.75 Å². The number of rotatable bonds is 14. The molecule has 9 rings (SSSR count). The van der Waals surface area contributed by atoms with Crippen LogP contribution in [0.5, 0.6) is 5.75 Å². The summed E-state index contributed by atoms with van der Waals surface area (Å²) in [6.07, 6.45) is 7.71. The van der Waals surface area contributed by atoms with E-state index in [4.69, 9.17) is 14.1 Å². The van der Waals surface area contributed by atoms with Crippen molar-refractivity contribution in [3.63, 3.8) is 0 Å². The molecule has 3 aromatic carbocycles. The van der Waals surface area contributed by atoms with Crippen LogP contribution in [0.4, 0.5) is 28.8 Å². The van der Waals surface area contributed by atoms with Crippen molar-refractivity contribution in [2.24, 2.45) is 0 Å². The molecule has 3 N–H and O–H groups in total. The molecule has 1 unspecified atom stereocenters. The Hall–Kier alpha value is -5.61. The van der Waals surface area contributed by atoms with E-state index in [0.717, 1.165) is 105 Å². The molecule has 16 nitrogen and oxygen atoms in total. The van der Waals surface area contributed by atoms with Crippen LogP contribution in [-0.4, -0.2) is 113 Å². The van der Waals surface area contributed by atoms with Crippen molar-refractivity contribution in [1.29, 1.82) is 0 Å². The highest BCUT2D eigenvalue weighted by Crippen LogP contribution is 2.42. The Morgan fingerprint density at radius 1 is 0.909 bits per heavy atom. The summed E-state index contributed by atoms with van der Waals surface area (Å²) in [6.45, 7) is 15.1. The second-order valence-corrected chi connectivity index (χ2v) is 21.6. The maximum absolute atomic E-state index is 13.6. The van der Waals surface area contributed by atoms with Crippen molar-refractivity contribution < 1.29 is 23.3 Å². The third-order valence-corrected chi connectivity index (χ3v) is 15.2. The van der Waals surface area contributed by atoms with Crippen molar-refractivity contribution >= 4 is 91.0 Å². The molecule has 0 spiro atoms. The first kappa shape index (κ1) is 45.5. The van der Waals surface area contributed by atoms with Crippen LogP contribution >= 0.6 is 23.1 Å². The van der Waals surface area contributed by atoms with Crippen LogP contribution in [0.3, 0.4) is 0 Å². The number of para-hydroxylation sites is 1. The minimum atomic E-state index is -2.72. The van der Waals surface area contributed by atoms with Crippen LogP contribution in [0, 0.1) is 0 Å². The Kier molecular flexibility index (Phi) is 13.3. The number of carbonyl (C=O) groups excluding carboxylic acids is 2. The number of pyridine rings is 1. The number of piperazine rings is 1. The number of fused-ring (bicyclic) bond motifs is 2. The fourth-order valence-corrected chi connectivity index (χ4v) is 11.4. The summed E-state index contributed by atoms with van der Waals surface area (Å²) in [5, 5.41) is 10.7. The second-order valence-electron chi connectivity index (χ2n) is 17.6. The summed E-state index contributed by atoms with van der Waals surface area (Å²) in [6, 6.07) is 17.6. The number of hydrogen-bond acceptors (Lipinski definition) is 14. The maximum atomic E-state index is 13.6. The predicted molar refractivity (Wildman–Crippen MR) is 263 cm³/mol. The van der Waals surface area contributed by atoms with Crippen LogP contribution in [0.25, 0.3) is 22.0 Å². The molecule has 3 saturated heterocycles. The highest BCUT2D eigenvalue weighted by atomic mass is 79.9. The SMILES string of the molecule is CCOc1cc(N2CCC(N3CCN(CCc4ccc5c(c4)oc(=O)n5C4CCC(=O)NC4=O)CC3)CC2)c(CC)cc1Nc1ncc(Br)c(Nc2cnc3ccccc3c2P(C)(C)=O)n1. The normalized spacial score (nSPS) is 18.0. The van der Waals surface area contributed by atoms with Gasteiger partial charge in [0.1, 0.15) is 24.8 Å². The monoisotopic (exact) mass is 978 g/mol. The van der Waals surface area contributed by atoms with Gasteiger partial charge >= 0.3 is 5.76 Å². The van der Waals surface area contributed by atoms with Gasteiger partial charge < -0.3 is 34.2 Å². The number of imide groups is 1. The van der Waals surface area contributed by atoms with Gasteiger partial charge in [-0.15, -0.1) is 0 Å². The Balaban J connectivity index is 0.809. The zero-order chi connectivity index (χ0) is 46.1. The zero-order valence-electron chi connectivity index (χ0n) is 37.8. The summed E-state index contributed by atoms with van der Waals surface area (Å²) in [7, 11) is -2.72. The van der Waals surface area contributed by atoms with E-state index in [1.807, 2.05) is 49.4 Å². The van der Waals surface area contributed by atoms with Gasteiger partial charge in [-0.25, -0.2) is 9.78 Å². The van der Waals surface area contributed by atoms with Crippen molar-refractivity contribution in [3.05, 3.63) is 93.1 Å². The third kappa shape index (κ3) is 9.62. The van der Waals surface area contributed by atoms with Gasteiger partial charge in [0.05, 0.1) is 39.7 Å². The average molecular weight is 980 g/mol. The number of hydrogen-bond donors (Lipinski definition) is 3. The molecule has 6 aromatic rings. The molecule has 18 heteroatoms. The molecule has 0 radical (unpaired) electrons. The lowest BCUT2D eigenvalue weighted by molar-refractivity contribution is -0.135. The van der Waals surface area contributed by atoms with Crippen LogP contribution in [0.1, 0.15) is 56.7 Å². The van der Waals surface area contributed by atoms with Gasteiger partial charge in [0.25, 0.3) is 0 Å². The minimum absolute atomic E-state index is 0.190. The van der Waals surface area contributed by atoms with Crippen molar-refractivity contribution in [2.75, 3.05) is 81.3 Å². The molecule has 346 valence electrons. The predicted octanol–water partition coefficient (Wildman–Crippen LogP) is 7.20. The molecular formula is C48H56BrN10O6P. The van der Waals surface area contributed by atoms with Crippen LogP contribution in [0.15, 0.2) is 80.7 Å². The third-order valence-electron chi connectivity index (χ3n) is 13.0. The number of aromatic nitrogens is 4. The molecule has 3 fully saturated rings. The highest BCUT2D eigenvalue weighted by molar-refractivity contribution is 9.10. The first-order valence-corrected chi connectivity index (χ1v) is 26.2. The van der Waals surface area contributed by atoms with E-state index in [9.17, 15) is 18.9 Å². The van der Waals surface area contributed by atoms with E-state index >= 15 is 0 Å². The number of nitrogens with one attached hydrogen (secondary N) is 3. The van der Waals surface area contributed by atoms with Gasteiger partial charge in [-0.3, -0.25) is 29.4 Å². The number of piperidine rings is 2. The van der Waals surface area contributed by atoms with E-state index in [1.165, 1.54) is 15.8 Å². The Labute approximate surface area is 392 Å². The lowest BCUT2D eigenvalue weighted by Gasteiger charge is -2.43. The van der Waals surface area contributed by atoms with Crippen LogP contribution < -0.4 is 36.6 Å². The minimum Gasteiger partial charge on any atom is -0.492 e. The molecule has 1 atom stereocenters. The van der Waals surface area contributed by atoms with Gasteiger partial charge in [-0.1, -0.05) is 31.2 Å². The van der Waals surface area contributed by atoms with Crippen molar-refractivity contribution in [1.82, 2.24) is 34.6 Å². The standard InChI is InChI=1S/C48H56BrN10O6P/c1-5-31-26-36(53-47-51-28-34(49)45(55-47)52-37-29-50-35-10-8-7-9-33(35)44(37)66(3,4)63)41(64-6-2)27-40(31)58-19-16-32(17-20-58)57-23-21-56(22-24-57)18-15-30-11-12-38-42(25-30)65-48(62)59(38)39-13-14-43(60)54-46(39)61/h7-12,25-29,32,39H,5-6,13-24H2,1-4H3,(H,54,60,61)(H2,51,52,53,55). The molecular weight excluding hydrogens is 923 g/mol. The molecule has 3 aliphatic heterocycles. The fraction of sp³-hybridized carbons (Fsp3) is 0.417. The summed E-state index contributed by atoms with van der Waals surface area (Å²) in [5.74, 6) is 0.266. The summed E-state index contributed by atoms with van der Waals surface area (Å²) >= 11 is 3.62. The van der Waals surface area contributed by atoms with Crippen molar-refractivity contribution in [2.45, 2.75) is 64.5 Å². The Morgan fingerprint density at radius 2 is 1.70 bits per heavy atom. The number of amides is 2. The first-order chi connectivity index (χ1) is 31.9. The molecule has 3 aliphatic rings. The van der Waals surface area contributed by atoms with Crippen LogP contribution in [-0.2, 0) is 27.0 Å². The summed E-state index contributed by atoms with van der Waals surface area (Å²) in [4.78, 5) is 58.6. The Morgan fingerprint density at radius 3 is 2.44 bits per heavy atom. The number of nitrogens with zero attached hydrogens (tertiary/aromatic N) is 7. The molecule has 3 aromatic heterocycles. The maximum Gasteiger partial charge on any atom is 0.420 e. The lowest BCUT2D eigenvalue weighted by Crippen LogP contribution is -2.53. The first-order valence-electron chi connectivity index (χ1n) is 22.9. The number of oxazole rings is 1. The molecule has 2 amide bonds. The number of halogens is 1. The smallest absolute Gasteiger partial charge is 0.420 e. The Bertz CT molecular complexity index is 2900. The largest absolute Gasteiger partial charge is 0.492 e. The average Bonchev–Trinajstić information content (AvgIpc) is 3.64. The van der Waals surface area contributed by atoms with E-state index in [0.29, 0.717) is 45.7 Å². The van der Waals surface area contributed by atoms with Gasteiger partial charge in [0.15, 0.2) is 5.58 Å². The van der Waals surface area contributed by atoms with Gasteiger partial charge in [-0.2, -0.15) is 4.98 Å². The summed E-state index contributed by atoms with van der Waals surface area (Å²) in [5.41, 5.74) is 6.72. The second kappa shape index (κ2) is 19.3. The molecule has 6 heterocycles. The number of benzene rings is 3. The quantitative estimate of drug-likeness (QED) is 0.0737. The van der Waals surface area contributed by atoms with E-state index in [1.54, 1.807) is 25.7 Å². The highest BCUT2D eigenvalue weighted by Gasteiger charge is 2.32. The molecule has 0 bridgehead atoms. The molecule has 0 saturated carbocycles. The summed E-state index contributed by atoms with van der Waals surface area (Å²) < 4.78 is 27.4. The van der Waals surface area contributed by atoms with E-state index < -0.39 is 24.8 Å². The van der Waals surface area contributed by atoms with Gasteiger partial charge in [-0.05, 0) is 104 Å². The molecule has 0 aliphatic carbocycles. The molecule has 66 heavy (non-hydrogen) atoms.